The van der Waals surface area contributed by atoms with E-state index in [1.165, 1.54) is 12.1 Å². The summed E-state index contributed by atoms with van der Waals surface area (Å²) in [6.45, 7) is -0.186. The second-order valence-corrected chi connectivity index (χ2v) is 9.13. The first-order chi connectivity index (χ1) is 11.0. The normalized spacial score (nSPS) is 13.3. The van der Waals surface area contributed by atoms with Crippen LogP contribution in [-0.2, 0) is 10.0 Å². The topological polar surface area (TPSA) is 79.5 Å². The minimum atomic E-state index is -3.69. The van der Waals surface area contributed by atoms with Gasteiger partial charge in [-0.1, -0.05) is 11.6 Å². The molecular weight excluding hydrogens is 378 g/mol. The minimum Gasteiger partial charge on any atom is -0.458 e. The molecule has 5 nitrogen and oxygen atoms in total. The fourth-order valence-corrected chi connectivity index (χ4v) is 5.10. The van der Waals surface area contributed by atoms with Crippen molar-refractivity contribution in [3.8, 4) is 11.3 Å². The number of furan rings is 1. The van der Waals surface area contributed by atoms with Crippen molar-refractivity contribution in [2.75, 3.05) is 6.54 Å². The number of nitrogens with one attached hydrogen (secondary N) is 1. The van der Waals surface area contributed by atoms with Gasteiger partial charge in [0.1, 0.15) is 21.8 Å². The van der Waals surface area contributed by atoms with Gasteiger partial charge in [0.15, 0.2) is 0 Å². The fourth-order valence-electron chi connectivity index (χ4n) is 1.89. The molecule has 0 spiro atoms. The molecule has 0 aromatic carbocycles. The van der Waals surface area contributed by atoms with Crippen LogP contribution >= 0.6 is 34.3 Å². The third kappa shape index (κ3) is 3.85. The van der Waals surface area contributed by atoms with Gasteiger partial charge in [0.2, 0.25) is 10.0 Å². The molecule has 0 aliphatic carbocycles. The molecule has 0 bridgehead atoms. The molecule has 0 saturated carbocycles. The van der Waals surface area contributed by atoms with Gasteiger partial charge in [0, 0.05) is 17.5 Å². The highest BCUT2D eigenvalue weighted by Gasteiger charge is 2.20. The molecular formula is C14H12ClNO4S3. The maximum absolute atomic E-state index is 12.1. The third-order valence-electron chi connectivity index (χ3n) is 3.04. The maximum atomic E-state index is 12.1. The second-order valence-electron chi connectivity index (χ2n) is 4.64. The van der Waals surface area contributed by atoms with Crippen LogP contribution in [0.15, 0.2) is 49.7 Å². The molecule has 0 radical (unpaired) electrons. The Morgan fingerprint density at radius 3 is 2.74 bits per heavy atom. The lowest BCUT2D eigenvalue weighted by Gasteiger charge is -2.09. The molecule has 0 saturated heterocycles. The molecule has 9 heteroatoms. The number of sulfonamides is 1. The number of hydrogen-bond acceptors (Lipinski definition) is 6. The van der Waals surface area contributed by atoms with Crippen LogP contribution in [-0.4, -0.2) is 20.1 Å². The third-order valence-corrected chi connectivity index (χ3v) is 6.87. The second kappa shape index (κ2) is 6.76. The lowest BCUT2D eigenvalue weighted by Crippen LogP contribution is -2.27. The largest absolute Gasteiger partial charge is 0.458 e. The van der Waals surface area contributed by atoms with Crippen molar-refractivity contribution < 1.29 is 17.9 Å². The van der Waals surface area contributed by atoms with Crippen LogP contribution in [0.5, 0.6) is 0 Å². The van der Waals surface area contributed by atoms with Crippen LogP contribution in [0, 0.1) is 0 Å². The van der Waals surface area contributed by atoms with E-state index in [-0.39, 0.29) is 10.8 Å². The van der Waals surface area contributed by atoms with Gasteiger partial charge in [0.05, 0.1) is 4.34 Å². The number of halogens is 1. The predicted octanol–water partition coefficient (Wildman–Crippen LogP) is 3.73. The molecule has 3 aromatic rings. The summed E-state index contributed by atoms with van der Waals surface area (Å²) in [6, 6.07) is 8.21. The molecule has 0 unspecified atom stereocenters. The van der Waals surface area contributed by atoms with E-state index in [1.807, 2.05) is 16.8 Å². The molecule has 23 heavy (non-hydrogen) atoms. The van der Waals surface area contributed by atoms with E-state index in [4.69, 9.17) is 16.0 Å². The molecule has 3 aromatic heterocycles. The van der Waals surface area contributed by atoms with Crippen molar-refractivity contribution in [3.05, 3.63) is 51.2 Å². The lowest BCUT2D eigenvalue weighted by atomic mass is 10.2. The lowest BCUT2D eigenvalue weighted by molar-refractivity contribution is 0.155. The summed E-state index contributed by atoms with van der Waals surface area (Å²) < 4.78 is 32.6. The zero-order valence-corrected chi connectivity index (χ0v) is 14.8. The first kappa shape index (κ1) is 16.7. The maximum Gasteiger partial charge on any atom is 0.250 e. The highest BCUT2D eigenvalue weighted by molar-refractivity contribution is 7.91. The zero-order chi connectivity index (χ0) is 16.4. The van der Waals surface area contributed by atoms with Crippen molar-refractivity contribution in [2.24, 2.45) is 0 Å². The van der Waals surface area contributed by atoms with Crippen molar-refractivity contribution in [1.29, 1.82) is 0 Å². The number of hydrogen-bond donors (Lipinski definition) is 2. The van der Waals surface area contributed by atoms with Crippen LogP contribution in [0.1, 0.15) is 11.9 Å². The van der Waals surface area contributed by atoms with Gasteiger partial charge in [-0.25, -0.2) is 13.1 Å². The summed E-state index contributed by atoms with van der Waals surface area (Å²) in [5.41, 5.74) is 0.919. The molecule has 0 fully saturated rings. The number of aliphatic hydroxyl groups excluding tert-OH is 1. The Morgan fingerprint density at radius 1 is 1.26 bits per heavy atom. The molecule has 1 atom stereocenters. The molecule has 3 rings (SSSR count). The molecule has 2 N–H and O–H groups in total. The van der Waals surface area contributed by atoms with Gasteiger partial charge in [-0.2, -0.15) is 11.3 Å². The highest BCUT2D eigenvalue weighted by atomic mass is 35.5. The molecule has 122 valence electrons. The monoisotopic (exact) mass is 389 g/mol. The Hall–Kier alpha value is -1.16. The first-order valence-corrected chi connectivity index (χ1v) is 10.1. The Labute approximate surface area is 146 Å². The van der Waals surface area contributed by atoms with E-state index in [0.717, 1.165) is 16.9 Å². The Balaban J connectivity index is 1.67. The molecule has 0 amide bonds. The van der Waals surface area contributed by atoms with Gasteiger partial charge >= 0.3 is 0 Å². The summed E-state index contributed by atoms with van der Waals surface area (Å²) in [6.07, 6.45) is -1.08. The average Bonchev–Trinajstić information content (AvgIpc) is 3.24. The van der Waals surface area contributed by atoms with Crippen molar-refractivity contribution in [3.63, 3.8) is 0 Å². The molecule has 0 aliphatic heterocycles. The standard InChI is InChI=1S/C14H12ClNO4S3/c15-13-3-4-14(22-13)23(18,19)16-7-10(17)12-2-1-11(20-12)9-5-6-21-8-9/h1-6,8,10,16-17H,7H2/t10-/m0/s1. The van der Waals surface area contributed by atoms with Crippen molar-refractivity contribution in [2.45, 2.75) is 10.3 Å². The Morgan fingerprint density at radius 2 is 2.09 bits per heavy atom. The SMILES string of the molecule is O=S(=O)(NC[C@H](O)c1ccc(-c2ccsc2)o1)c1ccc(Cl)s1. The Kier molecular flexibility index (Phi) is 4.90. The fraction of sp³-hybridized carbons (Fsp3) is 0.143. The van der Waals surface area contributed by atoms with E-state index >= 15 is 0 Å². The summed E-state index contributed by atoms with van der Waals surface area (Å²) in [4.78, 5) is 0. The highest BCUT2D eigenvalue weighted by Crippen LogP contribution is 2.28. The molecule has 3 heterocycles. The van der Waals surface area contributed by atoms with E-state index in [0.29, 0.717) is 15.9 Å². The smallest absolute Gasteiger partial charge is 0.250 e. The quantitative estimate of drug-likeness (QED) is 0.673. The van der Waals surface area contributed by atoms with Crippen LogP contribution < -0.4 is 4.72 Å². The first-order valence-electron chi connectivity index (χ1n) is 6.51. The van der Waals surface area contributed by atoms with Crippen LogP contribution in [0.4, 0.5) is 0 Å². The van der Waals surface area contributed by atoms with Gasteiger partial charge in [-0.3, -0.25) is 0 Å². The summed E-state index contributed by atoms with van der Waals surface area (Å²) in [5, 5.41) is 14.0. The van der Waals surface area contributed by atoms with E-state index in [9.17, 15) is 13.5 Å². The van der Waals surface area contributed by atoms with Crippen molar-refractivity contribution >= 4 is 44.3 Å². The average molecular weight is 390 g/mol. The summed E-state index contributed by atoms with van der Waals surface area (Å²) in [7, 11) is -3.69. The van der Waals surface area contributed by atoms with E-state index < -0.39 is 16.1 Å². The Bertz CT molecular complexity index is 883. The van der Waals surface area contributed by atoms with Gasteiger partial charge in [-0.05, 0) is 35.7 Å². The number of aliphatic hydroxyl groups is 1. The van der Waals surface area contributed by atoms with Gasteiger partial charge in [0.25, 0.3) is 0 Å². The number of rotatable bonds is 6. The minimum absolute atomic E-state index is 0.105. The van der Waals surface area contributed by atoms with Gasteiger partial charge in [-0.15, -0.1) is 11.3 Å². The van der Waals surface area contributed by atoms with Gasteiger partial charge < -0.3 is 9.52 Å². The molecule has 0 aliphatic rings. The van der Waals surface area contributed by atoms with Crippen LogP contribution in [0.2, 0.25) is 4.34 Å². The van der Waals surface area contributed by atoms with Crippen molar-refractivity contribution in [1.82, 2.24) is 4.72 Å². The summed E-state index contributed by atoms with van der Waals surface area (Å²) in [5.74, 6) is 0.936. The summed E-state index contributed by atoms with van der Waals surface area (Å²) >= 11 is 8.24. The van der Waals surface area contributed by atoms with Crippen LogP contribution in [0.25, 0.3) is 11.3 Å². The predicted molar refractivity (Wildman–Crippen MR) is 91.5 cm³/mol. The van der Waals surface area contributed by atoms with Crippen LogP contribution in [0.3, 0.4) is 0 Å². The number of thiophene rings is 2. The van der Waals surface area contributed by atoms with E-state index in [2.05, 4.69) is 4.72 Å². The zero-order valence-electron chi connectivity index (χ0n) is 11.6. The van der Waals surface area contributed by atoms with E-state index in [1.54, 1.807) is 23.5 Å².